The van der Waals surface area contributed by atoms with E-state index in [4.69, 9.17) is 15.8 Å². The van der Waals surface area contributed by atoms with E-state index in [1.807, 2.05) is 0 Å². The normalized spacial score (nSPS) is 11.2. The van der Waals surface area contributed by atoms with Gasteiger partial charge in [-0.1, -0.05) is 6.42 Å². The summed E-state index contributed by atoms with van der Waals surface area (Å²) >= 11 is 0. The van der Waals surface area contributed by atoms with Crippen LogP contribution in [0, 0.1) is 5.41 Å². The Bertz CT molecular complexity index is 284. The molecule has 0 aromatic carbocycles. The van der Waals surface area contributed by atoms with Crippen LogP contribution in [0.1, 0.15) is 38.5 Å². The van der Waals surface area contributed by atoms with E-state index in [1.54, 1.807) is 13.6 Å². The SMILES string of the molecule is CB(O)NCCCC(N)(CCCBOC=N)CCCNB(C)O. The Labute approximate surface area is 142 Å². The highest BCUT2D eigenvalue weighted by Gasteiger charge is 2.23. The molecule has 0 saturated heterocycles. The second-order valence-electron chi connectivity index (χ2n) is 6.28. The Kier molecular flexibility index (Phi) is 13.5. The molecule has 0 atom stereocenters. The fourth-order valence-electron chi connectivity index (χ4n) is 2.60. The largest absolute Gasteiger partial charge is 0.557 e. The van der Waals surface area contributed by atoms with E-state index in [-0.39, 0.29) is 5.54 Å². The second-order valence-corrected chi connectivity index (χ2v) is 6.28. The fraction of sp³-hybridized carbons (Fsp3) is 0.923. The molecule has 23 heavy (non-hydrogen) atoms. The van der Waals surface area contributed by atoms with Crippen molar-refractivity contribution < 1.29 is 14.7 Å². The van der Waals surface area contributed by atoms with Crippen LogP contribution in [0.2, 0.25) is 20.0 Å². The molecule has 0 fully saturated rings. The Hall–Kier alpha value is -0.535. The first kappa shape index (κ1) is 22.5. The van der Waals surface area contributed by atoms with Crippen molar-refractivity contribution in [2.45, 2.75) is 64.0 Å². The number of nitrogens with two attached hydrogens (primary N) is 1. The van der Waals surface area contributed by atoms with E-state index in [9.17, 15) is 10.0 Å². The minimum atomic E-state index is -0.490. The summed E-state index contributed by atoms with van der Waals surface area (Å²) in [6.07, 6.45) is 7.38. The minimum Gasteiger partial charge on any atom is -0.557 e. The Morgan fingerprint density at radius 2 is 1.57 bits per heavy atom. The van der Waals surface area contributed by atoms with E-state index in [0.29, 0.717) is 7.48 Å². The van der Waals surface area contributed by atoms with Gasteiger partial charge in [0.15, 0.2) is 0 Å². The number of rotatable bonds is 16. The predicted octanol–water partition coefficient (Wildman–Crippen LogP) is -0.182. The van der Waals surface area contributed by atoms with Gasteiger partial charge in [0.2, 0.25) is 0 Å². The maximum absolute atomic E-state index is 9.22. The summed E-state index contributed by atoms with van der Waals surface area (Å²) in [5.74, 6) is 0. The molecule has 7 N–H and O–H groups in total. The highest BCUT2D eigenvalue weighted by molar-refractivity contribution is 6.45. The molecular formula is C13H33B3N4O3. The lowest BCUT2D eigenvalue weighted by Crippen LogP contribution is -2.42. The third-order valence-corrected chi connectivity index (χ3v) is 3.85. The molecule has 0 aliphatic rings. The molecule has 0 spiro atoms. The molecule has 0 aromatic heterocycles. The van der Waals surface area contributed by atoms with Gasteiger partial charge in [0.1, 0.15) is 6.40 Å². The summed E-state index contributed by atoms with van der Waals surface area (Å²) in [5, 5.41) is 31.3. The van der Waals surface area contributed by atoms with Gasteiger partial charge in [0.05, 0.1) is 0 Å². The van der Waals surface area contributed by atoms with Gasteiger partial charge in [0, 0.05) is 5.54 Å². The zero-order valence-electron chi connectivity index (χ0n) is 14.7. The van der Waals surface area contributed by atoms with Crippen LogP contribution >= 0.6 is 0 Å². The molecule has 132 valence electrons. The third kappa shape index (κ3) is 14.8. The van der Waals surface area contributed by atoms with Crippen LogP contribution in [0.4, 0.5) is 0 Å². The third-order valence-electron chi connectivity index (χ3n) is 3.85. The Morgan fingerprint density at radius 3 is 2.00 bits per heavy atom. The fourth-order valence-corrected chi connectivity index (χ4v) is 2.60. The van der Waals surface area contributed by atoms with Gasteiger partial charge in [-0.2, -0.15) is 0 Å². The van der Waals surface area contributed by atoms with Crippen LogP contribution in [0.25, 0.3) is 0 Å². The molecule has 0 aromatic rings. The number of nitrogens with one attached hydrogen (secondary N) is 3. The van der Waals surface area contributed by atoms with Crippen LogP contribution in [0.15, 0.2) is 0 Å². The van der Waals surface area contributed by atoms with Crippen molar-refractivity contribution in [1.29, 1.82) is 5.41 Å². The average Bonchev–Trinajstić information content (AvgIpc) is 2.48. The van der Waals surface area contributed by atoms with Crippen molar-refractivity contribution in [3.63, 3.8) is 0 Å². The molecule has 0 bridgehead atoms. The van der Waals surface area contributed by atoms with Crippen LogP contribution in [0.5, 0.6) is 0 Å². The lowest BCUT2D eigenvalue weighted by atomic mass is 9.80. The maximum Gasteiger partial charge on any atom is 0.373 e. The van der Waals surface area contributed by atoms with Crippen LogP contribution in [-0.2, 0) is 4.65 Å². The van der Waals surface area contributed by atoms with Gasteiger partial charge in [-0.15, -0.1) is 0 Å². The van der Waals surface area contributed by atoms with Crippen molar-refractivity contribution in [2.24, 2.45) is 5.73 Å². The molecule has 0 aliphatic carbocycles. The lowest BCUT2D eigenvalue weighted by Gasteiger charge is -2.30. The summed E-state index contributed by atoms with van der Waals surface area (Å²) in [5.41, 5.74) is 6.35. The molecule has 7 nitrogen and oxygen atoms in total. The Balaban J connectivity index is 4.13. The molecule has 0 heterocycles. The summed E-state index contributed by atoms with van der Waals surface area (Å²) in [7, 11) is -0.418. The lowest BCUT2D eigenvalue weighted by molar-refractivity contribution is 0.319. The molecule has 0 radical (unpaired) electrons. The number of hydrogen-bond donors (Lipinski definition) is 6. The molecular weight excluding hydrogens is 293 g/mol. The van der Waals surface area contributed by atoms with Gasteiger partial charge in [-0.05, 0) is 65.2 Å². The van der Waals surface area contributed by atoms with Crippen LogP contribution < -0.4 is 16.2 Å². The van der Waals surface area contributed by atoms with E-state index in [0.717, 1.165) is 64.3 Å². The molecule has 0 saturated carbocycles. The standard InChI is InChI=1S/C13H33B3N4O3/c1-15(21)19-10-4-7-13(18,6-3-9-14-23-12-17)8-5-11-20-16(2)22/h12,14,17,19-22H,3-11,18H2,1-2H3. The van der Waals surface area contributed by atoms with Crippen LogP contribution in [0.3, 0.4) is 0 Å². The zero-order chi connectivity index (χ0) is 17.6. The minimum absolute atomic E-state index is 0.231. The van der Waals surface area contributed by atoms with E-state index in [1.165, 1.54) is 0 Å². The molecule has 0 rings (SSSR count). The average molecular weight is 326 g/mol. The monoisotopic (exact) mass is 326 g/mol. The molecule has 0 amide bonds. The smallest absolute Gasteiger partial charge is 0.373 e. The zero-order valence-corrected chi connectivity index (χ0v) is 14.7. The number of hydrogen-bond acceptors (Lipinski definition) is 7. The second kappa shape index (κ2) is 13.9. The first-order valence-electron chi connectivity index (χ1n) is 8.62. The molecule has 0 unspecified atom stereocenters. The van der Waals surface area contributed by atoms with Gasteiger partial charge >= 0.3 is 21.6 Å². The topological polar surface area (TPSA) is 124 Å². The Morgan fingerprint density at radius 1 is 1.09 bits per heavy atom. The summed E-state index contributed by atoms with van der Waals surface area (Å²) < 4.78 is 4.92. The molecule has 0 aliphatic heterocycles. The van der Waals surface area contributed by atoms with E-state index < -0.39 is 14.1 Å². The van der Waals surface area contributed by atoms with Crippen molar-refractivity contribution in [2.75, 3.05) is 13.1 Å². The van der Waals surface area contributed by atoms with Crippen LogP contribution in [-0.4, -0.2) is 56.7 Å². The predicted molar refractivity (Wildman–Crippen MR) is 100 cm³/mol. The van der Waals surface area contributed by atoms with Crippen molar-refractivity contribution in [3.8, 4) is 0 Å². The highest BCUT2D eigenvalue weighted by Crippen LogP contribution is 2.23. The van der Waals surface area contributed by atoms with Gasteiger partial charge in [-0.25, -0.2) is 0 Å². The summed E-state index contributed by atoms with van der Waals surface area (Å²) in [4.78, 5) is 0. The summed E-state index contributed by atoms with van der Waals surface area (Å²) in [6, 6.07) is 0. The van der Waals surface area contributed by atoms with Crippen molar-refractivity contribution in [1.82, 2.24) is 10.5 Å². The first-order valence-corrected chi connectivity index (χ1v) is 8.62. The van der Waals surface area contributed by atoms with Crippen molar-refractivity contribution >= 4 is 28.0 Å². The quantitative estimate of drug-likeness (QED) is 0.101. The van der Waals surface area contributed by atoms with Gasteiger partial charge in [0.25, 0.3) is 0 Å². The highest BCUT2D eigenvalue weighted by atomic mass is 16.4. The van der Waals surface area contributed by atoms with Gasteiger partial charge in [-0.3, -0.25) is 5.41 Å². The van der Waals surface area contributed by atoms with E-state index >= 15 is 0 Å². The van der Waals surface area contributed by atoms with Gasteiger partial charge < -0.3 is 30.9 Å². The van der Waals surface area contributed by atoms with E-state index in [2.05, 4.69) is 10.5 Å². The maximum atomic E-state index is 9.22. The van der Waals surface area contributed by atoms with Crippen molar-refractivity contribution in [3.05, 3.63) is 0 Å². The molecule has 10 heteroatoms. The first-order chi connectivity index (χ1) is 10.9. The summed E-state index contributed by atoms with van der Waals surface area (Å²) in [6.45, 7) is 4.92.